The predicted octanol–water partition coefficient (Wildman–Crippen LogP) is 2.42. The molecule has 10 heteroatoms. The van der Waals surface area contributed by atoms with E-state index in [2.05, 4.69) is 0 Å². The van der Waals surface area contributed by atoms with Crippen molar-refractivity contribution in [2.45, 2.75) is 18.9 Å². The third-order valence-electron chi connectivity index (χ3n) is 7.03. The zero-order valence-corrected chi connectivity index (χ0v) is 20.5. The van der Waals surface area contributed by atoms with E-state index in [-0.39, 0.29) is 17.6 Å². The number of ketones is 1. The highest BCUT2D eigenvalue weighted by molar-refractivity contribution is 6.00. The van der Waals surface area contributed by atoms with Gasteiger partial charge in [-0.25, -0.2) is 4.79 Å². The van der Waals surface area contributed by atoms with Crippen LogP contribution >= 0.6 is 0 Å². The minimum atomic E-state index is -0.676. The van der Waals surface area contributed by atoms with Gasteiger partial charge in [-0.3, -0.25) is 9.59 Å². The summed E-state index contributed by atoms with van der Waals surface area (Å²) < 4.78 is 31.9. The minimum Gasteiger partial charge on any atom is -0.493 e. The number of ether oxygens (including phenoxy) is 6. The Kier molecular flexibility index (Phi) is 8.24. The van der Waals surface area contributed by atoms with Crippen LogP contribution in [-0.2, 0) is 19.0 Å². The van der Waals surface area contributed by atoms with Gasteiger partial charge in [0, 0.05) is 31.7 Å². The molecule has 2 fully saturated rings. The molecule has 0 spiro atoms. The maximum Gasteiger partial charge on any atom is 0.409 e. The third-order valence-corrected chi connectivity index (χ3v) is 7.03. The molecule has 1 saturated heterocycles. The van der Waals surface area contributed by atoms with Crippen molar-refractivity contribution in [3.8, 4) is 17.2 Å². The van der Waals surface area contributed by atoms with Gasteiger partial charge in [0.25, 0.3) is 0 Å². The van der Waals surface area contributed by atoms with Gasteiger partial charge in [-0.2, -0.15) is 0 Å². The fraction of sp³-hybridized carbons (Fsp3) is 0.625. The number of Topliss-reactive ketones (excluding diaryl/α,β-unsaturated/α-hetero) is 1. The van der Waals surface area contributed by atoms with Crippen LogP contribution in [0.3, 0.4) is 0 Å². The molecule has 0 radical (unpaired) electrons. The molecular weight excluding hydrogens is 446 g/mol. The third kappa shape index (κ3) is 4.64. The molecule has 1 aliphatic carbocycles. The summed E-state index contributed by atoms with van der Waals surface area (Å²) in [6.07, 6.45) is -0.0659. The second kappa shape index (κ2) is 10.9. The molecule has 10 nitrogen and oxygen atoms in total. The van der Waals surface area contributed by atoms with Crippen molar-refractivity contribution in [2.24, 2.45) is 23.7 Å². The summed E-state index contributed by atoms with van der Waals surface area (Å²) in [5.74, 6) is -1.01. The summed E-state index contributed by atoms with van der Waals surface area (Å²) in [4.78, 5) is 40.5. The van der Waals surface area contributed by atoms with Crippen LogP contribution in [0.5, 0.6) is 17.2 Å². The predicted molar refractivity (Wildman–Crippen MR) is 120 cm³/mol. The Morgan fingerprint density at radius 2 is 1.56 bits per heavy atom. The molecule has 0 bridgehead atoms. The van der Waals surface area contributed by atoms with Gasteiger partial charge in [-0.05, 0) is 36.8 Å². The number of methoxy groups -OCH3 is 6. The molecule has 1 aromatic rings. The van der Waals surface area contributed by atoms with Gasteiger partial charge in [0.15, 0.2) is 17.3 Å². The van der Waals surface area contributed by atoms with E-state index in [0.717, 1.165) is 0 Å². The summed E-state index contributed by atoms with van der Waals surface area (Å²) in [5.41, 5.74) is 0.351. The van der Waals surface area contributed by atoms with Gasteiger partial charge < -0.3 is 33.3 Å². The van der Waals surface area contributed by atoms with E-state index in [9.17, 15) is 14.4 Å². The van der Waals surface area contributed by atoms with Crippen molar-refractivity contribution in [1.82, 2.24) is 4.90 Å². The molecule has 2 aliphatic rings. The Morgan fingerprint density at radius 1 is 0.912 bits per heavy atom. The average molecular weight is 480 g/mol. The second-order valence-corrected chi connectivity index (χ2v) is 8.50. The number of carbonyl (C=O) groups excluding carboxylic acids is 3. The monoisotopic (exact) mass is 479 g/mol. The summed E-state index contributed by atoms with van der Waals surface area (Å²) in [6.45, 7) is 0.851. The first-order valence-corrected chi connectivity index (χ1v) is 11.1. The van der Waals surface area contributed by atoms with Crippen molar-refractivity contribution in [3.63, 3.8) is 0 Å². The lowest BCUT2D eigenvalue weighted by Gasteiger charge is -2.49. The Bertz CT molecular complexity index is 893. The summed E-state index contributed by atoms with van der Waals surface area (Å²) in [7, 11) is 8.61. The maximum absolute atomic E-state index is 13.8. The van der Waals surface area contributed by atoms with E-state index in [0.29, 0.717) is 48.7 Å². The topological polar surface area (TPSA) is 110 Å². The lowest BCUT2D eigenvalue weighted by atomic mass is 9.62. The summed E-state index contributed by atoms with van der Waals surface area (Å²) in [5, 5.41) is 0. The number of piperidine rings is 1. The molecule has 3 rings (SSSR count). The number of nitrogens with zero attached hydrogens (tertiary/aromatic N) is 1. The van der Waals surface area contributed by atoms with Gasteiger partial charge in [0.2, 0.25) is 5.75 Å². The second-order valence-electron chi connectivity index (χ2n) is 8.50. The molecule has 1 saturated carbocycles. The Labute approximate surface area is 199 Å². The number of hydrogen-bond acceptors (Lipinski definition) is 9. The van der Waals surface area contributed by atoms with Gasteiger partial charge >= 0.3 is 12.1 Å². The number of esters is 1. The first-order chi connectivity index (χ1) is 16.3. The summed E-state index contributed by atoms with van der Waals surface area (Å²) in [6, 6.07) is 3.19. The van der Waals surface area contributed by atoms with Crippen LogP contribution in [0, 0.1) is 23.7 Å². The molecule has 1 amide bonds. The number of hydrogen-bond donors (Lipinski definition) is 0. The average Bonchev–Trinajstić information content (AvgIpc) is 2.88. The molecule has 0 N–H and O–H groups in total. The van der Waals surface area contributed by atoms with Crippen LogP contribution in [0.4, 0.5) is 4.79 Å². The SMILES string of the molecule is COC(=O)[C@H]1[C@H]2CCN(C(=O)OC)C[C@@H]2C[C@@H](C(=O)c2cc(OC)c(OC)c(OC)c2)[C@H]1OC. The maximum atomic E-state index is 13.8. The molecule has 1 aliphatic heterocycles. The normalized spacial score (nSPS) is 26.2. The Morgan fingerprint density at radius 3 is 2.06 bits per heavy atom. The Balaban J connectivity index is 2.01. The number of rotatable bonds is 7. The number of carbonyl (C=O) groups is 3. The molecule has 5 atom stereocenters. The molecular formula is C24H33NO9. The first kappa shape index (κ1) is 25.6. The van der Waals surface area contributed by atoms with E-state index in [4.69, 9.17) is 28.4 Å². The van der Waals surface area contributed by atoms with Crippen LogP contribution in [0.2, 0.25) is 0 Å². The van der Waals surface area contributed by atoms with Crippen molar-refractivity contribution >= 4 is 17.8 Å². The lowest BCUT2D eigenvalue weighted by molar-refractivity contribution is -0.163. The molecule has 0 unspecified atom stereocenters. The lowest BCUT2D eigenvalue weighted by Crippen LogP contribution is -2.56. The van der Waals surface area contributed by atoms with Crippen LogP contribution < -0.4 is 14.2 Å². The van der Waals surface area contributed by atoms with Crippen molar-refractivity contribution in [2.75, 3.05) is 55.7 Å². The van der Waals surface area contributed by atoms with E-state index >= 15 is 0 Å². The van der Waals surface area contributed by atoms with E-state index in [1.54, 1.807) is 17.0 Å². The quantitative estimate of drug-likeness (QED) is 0.430. The molecule has 188 valence electrons. The van der Waals surface area contributed by atoms with Gasteiger partial charge in [-0.15, -0.1) is 0 Å². The standard InChI is InChI=1S/C24H33NO9/c1-29-17-10-13(11-18(30-2)22(17)32-4)20(26)16-9-14-12-25(24(28)34-6)8-7-15(14)19(21(16)31-3)23(27)33-5/h10-11,14-16,19,21H,7-9,12H2,1-6H3/t14-,15-,16-,19-,21+/m0/s1. The number of benzene rings is 1. The van der Waals surface area contributed by atoms with Crippen LogP contribution in [0.15, 0.2) is 12.1 Å². The zero-order chi connectivity index (χ0) is 25.0. The highest BCUT2D eigenvalue weighted by atomic mass is 16.5. The number of likely N-dealkylation sites (tertiary alicyclic amines) is 1. The van der Waals surface area contributed by atoms with E-state index in [1.807, 2.05) is 0 Å². The van der Waals surface area contributed by atoms with Crippen LogP contribution in [0.1, 0.15) is 23.2 Å². The van der Waals surface area contributed by atoms with E-state index in [1.165, 1.54) is 42.7 Å². The van der Waals surface area contributed by atoms with Crippen LogP contribution in [0.25, 0.3) is 0 Å². The fourth-order valence-corrected chi connectivity index (χ4v) is 5.47. The van der Waals surface area contributed by atoms with Gasteiger partial charge in [0.05, 0.1) is 47.6 Å². The highest BCUT2D eigenvalue weighted by Gasteiger charge is 2.53. The van der Waals surface area contributed by atoms with Crippen molar-refractivity contribution in [3.05, 3.63) is 17.7 Å². The molecule has 34 heavy (non-hydrogen) atoms. The first-order valence-electron chi connectivity index (χ1n) is 11.1. The highest BCUT2D eigenvalue weighted by Crippen LogP contribution is 2.47. The molecule has 1 aromatic carbocycles. The van der Waals surface area contributed by atoms with E-state index < -0.39 is 30.0 Å². The molecule has 0 aromatic heterocycles. The Hall–Kier alpha value is -3.01. The summed E-state index contributed by atoms with van der Waals surface area (Å²) >= 11 is 0. The molecule has 1 heterocycles. The number of amides is 1. The van der Waals surface area contributed by atoms with Crippen LogP contribution in [-0.4, -0.2) is 84.6 Å². The fourth-order valence-electron chi connectivity index (χ4n) is 5.47. The van der Waals surface area contributed by atoms with Gasteiger partial charge in [-0.1, -0.05) is 0 Å². The van der Waals surface area contributed by atoms with Crippen molar-refractivity contribution < 1.29 is 42.8 Å². The minimum absolute atomic E-state index is 0.0812. The smallest absolute Gasteiger partial charge is 0.409 e. The largest absolute Gasteiger partial charge is 0.493 e. The zero-order valence-electron chi connectivity index (χ0n) is 20.5. The van der Waals surface area contributed by atoms with Crippen molar-refractivity contribution in [1.29, 1.82) is 0 Å². The van der Waals surface area contributed by atoms with Gasteiger partial charge in [0.1, 0.15) is 0 Å². The number of fused-ring (bicyclic) bond motifs is 1.